The number of halogens is 1. The van der Waals surface area contributed by atoms with Crippen LogP contribution in [-0.4, -0.2) is 15.6 Å². The van der Waals surface area contributed by atoms with Gasteiger partial charge in [0.05, 0.1) is 10.2 Å². The van der Waals surface area contributed by atoms with Gasteiger partial charge in [-0.25, -0.2) is 4.98 Å². The molecule has 1 aliphatic rings. The van der Waals surface area contributed by atoms with Crippen molar-refractivity contribution in [3.8, 4) is 0 Å². The molecule has 18 heavy (non-hydrogen) atoms. The van der Waals surface area contributed by atoms with Crippen molar-refractivity contribution in [1.29, 1.82) is 0 Å². The molecule has 0 saturated heterocycles. The zero-order chi connectivity index (χ0) is 12.8. The molecule has 1 amide bonds. The lowest BCUT2D eigenvalue weighted by Crippen LogP contribution is -2.19. The van der Waals surface area contributed by atoms with E-state index in [1.165, 1.54) is 36.1 Å². The molecule has 0 unspecified atom stereocenters. The molecular formula is C12H11ClN2OS2. The number of nitrogens with one attached hydrogen (secondary N) is 1. The average molecular weight is 299 g/mol. The predicted octanol–water partition coefficient (Wildman–Crippen LogP) is 3.88. The quantitative estimate of drug-likeness (QED) is 0.874. The van der Waals surface area contributed by atoms with Gasteiger partial charge in [0.2, 0.25) is 0 Å². The molecule has 0 atom stereocenters. The highest BCUT2D eigenvalue weighted by Crippen LogP contribution is 2.46. The molecule has 3 rings (SSSR count). The smallest absolute Gasteiger partial charge is 0.261 e. The van der Waals surface area contributed by atoms with E-state index in [0.717, 1.165) is 10.2 Å². The van der Waals surface area contributed by atoms with Crippen LogP contribution >= 0.6 is 34.9 Å². The third-order valence-electron chi connectivity index (χ3n) is 2.97. The summed E-state index contributed by atoms with van der Waals surface area (Å²) in [7, 11) is 0. The topological polar surface area (TPSA) is 42.0 Å². The Kier molecular flexibility index (Phi) is 3.00. The van der Waals surface area contributed by atoms with Crippen LogP contribution in [0.4, 0.5) is 0 Å². The van der Waals surface area contributed by atoms with E-state index in [-0.39, 0.29) is 10.7 Å². The van der Waals surface area contributed by atoms with Gasteiger partial charge < -0.3 is 0 Å². The molecule has 2 aromatic rings. The highest BCUT2D eigenvalue weighted by atomic mass is 35.5. The number of benzene rings is 1. The van der Waals surface area contributed by atoms with Crippen molar-refractivity contribution in [2.75, 3.05) is 0 Å². The fraction of sp³-hybridized carbons (Fsp3) is 0.333. The molecule has 0 spiro atoms. The summed E-state index contributed by atoms with van der Waals surface area (Å²) in [6.07, 6.45) is 2.34. The zero-order valence-electron chi connectivity index (χ0n) is 9.70. The minimum absolute atomic E-state index is 0.0560. The lowest BCUT2D eigenvalue weighted by molar-refractivity contribution is 0.0984. The molecule has 1 N–H and O–H groups in total. The van der Waals surface area contributed by atoms with Crippen LogP contribution in [0, 0.1) is 0 Å². The van der Waals surface area contributed by atoms with Crippen molar-refractivity contribution >= 4 is 51.0 Å². The van der Waals surface area contributed by atoms with Crippen LogP contribution in [0.25, 0.3) is 10.2 Å². The molecule has 6 heteroatoms. The van der Waals surface area contributed by atoms with E-state index in [2.05, 4.69) is 16.6 Å². The van der Waals surface area contributed by atoms with Gasteiger partial charge in [-0.15, -0.1) is 11.3 Å². The molecular weight excluding hydrogens is 288 g/mol. The Balaban J connectivity index is 1.78. The monoisotopic (exact) mass is 298 g/mol. The molecule has 1 aromatic carbocycles. The van der Waals surface area contributed by atoms with E-state index in [4.69, 9.17) is 11.6 Å². The first kappa shape index (κ1) is 12.3. The molecule has 1 saturated carbocycles. The van der Waals surface area contributed by atoms with E-state index in [9.17, 15) is 4.79 Å². The maximum Gasteiger partial charge on any atom is 0.261 e. The molecule has 1 fully saturated rings. The van der Waals surface area contributed by atoms with Gasteiger partial charge in [0.15, 0.2) is 4.47 Å². The van der Waals surface area contributed by atoms with Crippen LogP contribution in [-0.2, 0) is 0 Å². The van der Waals surface area contributed by atoms with Crippen LogP contribution in [0.1, 0.15) is 30.1 Å². The minimum Gasteiger partial charge on any atom is -0.296 e. The van der Waals surface area contributed by atoms with Gasteiger partial charge in [-0.3, -0.25) is 9.52 Å². The Morgan fingerprint density at radius 1 is 1.56 bits per heavy atom. The van der Waals surface area contributed by atoms with Gasteiger partial charge in [0, 0.05) is 10.3 Å². The Labute approximate surface area is 118 Å². The van der Waals surface area contributed by atoms with Gasteiger partial charge in [0.1, 0.15) is 0 Å². The number of hydrogen-bond acceptors (Lipinski definition) is 4. The molecule has 3 nitrogen and oxygen atoms in total. The first-order chi connectivity index (χ1) is 8.56. The van der Waals surface area contributed by atoms with E-state index in [1.54, 1.807) is 6.07 Å². The van der Waals surface area contributed by atoms with Crippen molar-refractivity contribution in [2.45, 2.75) is 24.5 Å². The van der Waals surface area contributed by atoms with Crippen molar-refractivity contribution in [2.24, 2.45) is 0 Å². The summed E-state index contributed by atoms with van der Waals surface area (Å²) in [6.45, 7) is 2.16. The summed E-state index contributed by atoms with van der Waals surface area (Å²) < 4.78 is 4.59. The first-order valence-electron chi connectivity index (χ1n) is 5.60. The van der Waals surface area contributed by atoms with E-state index >= 15 is 0 Å². The zero-order valence-corrected chi connectivity index (χ0v) is 12.1. The number of rotatable bonds is 3. The van der Waals surface area contributed by atoms with Crippen molar-refractivity contribution < 1.29 is 4.79 Å². The first-order valence-corrected chi connectivity index (χ1v) is 7.61. The van der Waals surface area contributed by atoms with E-state index in [1.807, 2.05) is 12.1 Å². The average Bonchev–Trinajstić information content (AvgIpc) is 2.95. The molecule has 0 aliphatic heterocycles. The number of amides is 1. The second-order valence-corrected chi connectivity index (χ2v) is 7.64. The van der Waals surface area contributed by atoms with E-state index < -0.39 is 0 Å². The van der Waals surface area contributed by atoms with Crippen LogP contribution < -0.4 is 4.72 Å². The van der Waals surface area contributed by atoms with Gasteiger partial charge in [0.25, 0.3) is 5.91 Å². The molecule has 0 bridgehead atoms. The van der Waals surface area contributed by atoms with Crippen LogP contribution in [0.15, 0.2) is 18.2 Å². The Morgan fingerprint density at radius 3 is 3.06 bits per heavy atom. The fourth-order valence-electron chi connectivity index (χ4n) is 1.54. The standard InChI is InChI=1S/C12H11ClN2OS2/c1-12(4-5-12)18-15-10(16)7-2-3-8-9(6-7)17-11(13)14-8/h2-3,6H,4-5H2,1H3,(H,15,16). The molecule has 1 aromatic heterocycles. The number of carbonyl (C=O) groups is 1. The van der Waals surface area contributed by atoms with Gasteiger partial charge in [-0.05, 0) is 49.9 Å². The largest absolute Gasteiger partial charge is 0.296 e. The Hall–Kier alpha value is -0.780. The maximum absolute atomic E-state index is 12.0. The number of carbonyl (C=O) groups excluding carboxylic acids is 1. The fourth-order valence-corrected chi connectivity index (χ4v) is 3.38. The number of fused-ring (bicyclic) bond motifs is 1. The number of thiazole rings is 1. The summed E-state index contributed by atoms with van der Waals surface area (Å²) >= 11 is 8.75. The summed E-state index contributed by atoms with van der Waals surface area (Å²) in [6, 6.07) is 5.45. The molecule has 94 valence electrons. The highest BCUT2D eigenvalue weighted by Gasteiger charge is 2.38. The van der Waals surface area contributed by atoms with Gasteiger partial charge in [-0.2, -0.15) is 0 Å². The highest BCUT2D eigenvalue weighted by molar-refractivity contribution is 7.99. The third-order valence-corrected chi connectivity index (χ3v) is 5.28. The lowest BCUT2D eigenvalue weighted by Gasteiger charge is -2.08. The Bertz CT molecular complexity index is 622. The van der Waals surface area contributed by atoms with Crippen LogP contribution in [0.5, 0.6) is 0 Å². The minimum atomic E-state index is -0.0560. The maximum atomic E-state index is 12.0. The number of aromatic nitrogens is 1. The Morgan fingerprint density at radius 2 is 2.33 bits per heavy atom. The third kappa shape index (κ3) is 2.48. The second-order valence-electron chi connectivity index (χ2n) is 4.63. The lowest BCUT2D eigenvalue weighted by atomic mass is 10.2. The SMILES string of the molecule is CC1(SNC(=O)c2ccc3nc(Cl)sc3c2)CC1. The number of hydrogen-bond donors (Lipinski definition) is 1. The van der Waals surface area contributed by atoms with Crippen molar-refractivity contribution in [3.05, 3.63) is 28.2 Å². The molecule has 0 radical (unpaired) electrons. The van der Waals surface area contributed by atoms with Gasteiger partial charge >= 0.3 is 0 Å². The van der Waals surface area contributed by atoms with Crippen LogP contribution in [0.2, 0.25) is 4.47 Å². The molecule has 1 aliphatic carbocycles. The summed E-state index contributed by atoms with van der Waals surface area (Å²) in [5, 5.41) is 0. The summed E-state index contributed by atoms with van der Waals surface area (Å²) in [4.78, 5) is 16.1. The van der Waals surface area contributed by atoms with Crippen LogP contribution in [0.3, 0.4) is 0 Å². The normalized spacial score (nSPS) is 16.8. The number of nitrogens with zero attached hydrogens (tertiary/aromatic N) is 1. The second kappa shape index (κ2) is 4.40. The summed E-state index contributed by atoms with van der Waals surface area (Å²) in [5.74, 6) is -0.0560. The summed E-state index contributed by atoms with van der Waals surface area (Å²) in [5.41, 5.74) is 1.49. The van der Waals surface area contributed by atoms with E-state index in [0.29, 0.717) is 10.0 Å². The van der Waals surface area contributed by atoms with Crippen molar-refractivity contribution in [1.82, 2.24) is 9.71 Å². The predicted molar refractivity (Wildman–Crippen MR) is 77.3 cm³/mol. The van der Waals surface area contributed by atoms with Gasteiger partial charge in [-0.1, -0.05) is 11.6 Å². The van der Waals surface area contributed by atoms with Crippen molar-refractivity contribution in [3.63, 3.8) is 0 Å². The molecule has 1 heterocycles.